The second-order valence-electron chi connectivity index (χ2n) is 9.23. The standard InChI is InChI=1S/C26H30Cl2N4O4/c1-16(36-20-5-3-2-4-6-20)25(34)31-13-14-32(26(35)17-7-12-21(27)22(28)15-17)24(31)23(33)30-19-10-8-18(29)9-11-19/h2-7,12,15-16,18-19,24H,8-11,13-14,29H2,1H3,(H,30,33). The maximum atomic E-state index is 13.5. The topological polar surface area (TPSA) is 105 Å². The number of amides is 3. The van der Waals surface area contributed by atoms with Crippen molar-refractivity contribution in [3.05, 3.63) is 64.1 Å². The zero-order chi connectivity index (χ0) is 25.8. The molecule has 1 heterocycles. The van der Waals surface area contributed by atoms with Gasteiger partial charge in [-0.25, -0.2) is 0 Å². The zero-order valence-electron chi connectivity index (χ0n) is 20.0. The number of hydrogen-bond acceptors (Lipinski definition) is 5. The first-order chi connectivity index (χ1) is 17.2. The van der Waals surface area contributed by atoms with Crippen LogP contribution in [0.4, 0.5) is 0 Å². The Balaban J connectivity index is 1.56. The maximum Gasteiger partial charge on any atom is 0.265 e. The van der Waals surface area contributed by atoms with E-state index >= 15 is 0 Å². The SMILES string of the molecule is CC(Oc1ccccc1)C(=O)N1CCN(C(=O)c2ccc(Cl)c(Cl)c2)C1C(=O)NC1CCC(N)CC1. The van der Waals surface area contributed by atoms with Crippen LogP contribution in [-0.4, -0.2) is 65.0 Å². The molecule has 10 heteroatoms. The number of para-hydroxylation sites is 1. The minimum atomic E-state index is -1.11. The fourth-order valence-corrected chi connectivity index (χ4v) is 4.97. The van der Waals surface area contributed by atoms with E-state index in [1.165, 1.54) is 21.9 Å². The van der Waals surface area contributed by atoms with Gasteiger partial charge >= 0.3 is 0 Å². The lowest BCUT2D eigenvalue weighted by Gasteiger charge is -2.33. The lowest BCUT2D eigenvalue weighted by atomic mass is 9.92. The van der Waals surface area contributed by atoms with Crippen molar-refractivity contribution in [3.63, 3.8) is 0 Å². The van der Waals surface area contributed by atoms with Crippen LogP contribution in [0.2, 0.25) is 10.0 Å². The first-order valence-electron chi connectivity index (χ1n) is 12.1. The van der Waals surface area contributed by atoms with Crippen LogP contribution in [0.15, 0.2) is 48.5 Å². The number of benzene rings is 2. The van der Waals surface area contributed by atoms with Gasteiger partial charge < -0.3 is 25.6 Å². The van der Waals surface area contributed by atoms with Crippen molar-refractivity contribution in [1.82, 2.24) is 15.1 Å². The van der Waals surface area contributed by atoms with Gasteiger partial charge in [-0.3, -0.25) is 14.4 Å². The molecule has 192 valence electrons. The van der Waals surface area contributed by atoms with Crippen molar-refractivity contribution in [2.24, 2.45) is 5.73 Å². The first kappa shape index (κ1) is 26.3. The third kappa shape index (κ3) is 5.94. The van der Waals surface area contributed by atoms with Crippen molar-refractivity contribution in [2.45, 2.75) is 57.0 Å². The largest absolute Gasteiger partial charge is 0.481 e. The Hall–Kier alpha value is -2.81. The van der Waals surface area contributed by atoms with Crippen molar-refractivity contribution < 1.29 is 19.1 Å². The molecular formula is C26H30Cl2N4O4. The molecule has 2 fully saturated rings. The predicted octanol–water partition coefficient (Wildman–Crippen LogP) is 3.46. The summed E-state index contributed by atoms with van der Waals surface area (Å²) in [4.78, 5) is 43.2. The third-order valence-electron chi connectivity index (χ3n) is 6.64. The highest BCUT2D eigenvalue weighted by atomic mass is 35.5. The monoisotopic (exact) mass is 532 g/mol. The molecule has 3 N–H and O–H groups in total. The van der Waals surface area contributed by atoms with E-state index in [0.717, 1.165) is 25.7 Å². The predicted molar refractivity (Wildman–Crippen MR) is 138 cm³/mol. The summed E-state index contributed by atoms with van der Waals surface area (Å²) < 4.78 is 5.82. The molecule has 2 aliphatic rings. The summed E-state index contributed by atoms with van der Waals surface area (Å²) in [7, 11) is 0. The summed E-state index contributed by atoms with van der Waals surface area (Å²) in [5.74, 6) is -0.650. The number of ether oxygens (including phenoxy) is 1. The summed E-state index contributed by atoms with van der Waals surface area (Å²) in [6.45, 7) is 2.02. The average molecular weight is 533 g/mol. The van der Waals surface area contributed by atoms with Crippen LogP contribution in [0.25, 0.3) is 0 Å². The molecule has 1 aliphatic carbocycles. The second-order valence-corrected chi connectivity index (χ2v) is 10.0. The number of nitrogens with two attached hydrogens (primary N) is 1. The first-order valence-corrected chi connectivity index (χ1v) is 12.8. The lowest BCUT2D eigenvalue weighted by molar-refractivity contribution is -0.146. The molecule has 8 nitrogen and oxygen atoms in total. The number of halogens is 2. The number of carbonyl (C=O) groups excluding carboxylic acids is 3. The van der Waals surface area contributed by atoms with E-state index < -0.39 is 24.1 Å². The fraction of sp³-hybridized carbons (Fsp3) is 0.423. The van der Waals surface area contributed by atoms with Crippen molar-refractivity contribution >= 4 is 40.9 Å². The van der Waals surface area contributed by atoms with Crippen molar-refractivity contribution in [2.75, 3.05) is 13.1 Å². The Kier molecular flexibility index (Phi) is 8.39. The molecule has 1 saturated heterocycles. The maximum absolute atomic E-state index is 13.5. The van der Waals surface area contributed by atoms with E-state index in [4.69, 9.17) is 33.7 Å². The zero-order valence-corrected chi connectivity index (χ0v) is 21.5. The summed E-state index contributed by atoms with van der Waals surface area (Å²) in [5, 5.41) is 3.60. The quantitative estimate of drug-likeness (QED) is 0.592. The molecule has 1 aliphatic heterocycles. The van der Waals surface area contributed by atoms with Gasteiger partial charge in [0.25, 0.3) is 17.7 Å². The second kappa shape index (κ2) is 11.5. The molecule has 0 aromatic heterocycles. The molecule has 4 rings (SSSR count). The highest BCUT2D eigenvalue weighted by Crippen LogP contribution is 2.26. The van der Waals surface area contributed by atoms with Gasteiger partial charge in [0.1, 0.15) is 5.75 Å². The molecular weight excluding hydrogens is 503 g/mol. The molecule has 0 spiro atoms. The van der Waals surface area contributed by atoms with Crippen LogP contribution in [0.3, 0.4) is 0 Å². The molecule has 3 amide bonds. The van der Waals surface area contributed by atoms with Crippen LogP contribution in [0, 0.1) is 0 Å². The third-order valence-corrected chi connectivity index (χ3v) is 7.38. The number of hydrogen-bond donors (Lipinski definition) is 2. The minimum absolute atomic E-state index is 0.0604. The summed E-state index contributed by atoms with van der Waals surface area (Å²) in [6, 6.07) is 13.6. The Morgan fingerprint density at radius 3 is 2.31 bits per heavy atom. The molecule has 2 atom stereocenters. The van der Waals surface area contributed by atoms with Crippen LogP contribution in [0.1, 0.15) is 43.0 Å². The molecule has 36 heavy (non-hydrogen) atoms. The fourth-order valence-electron chi connectivity index (χ4n) is 4.68. The normalized spacial score (nSPS) is 22.7. The van der Waals surface area contributed by atoms with Gasteiger partial charge in [0.05, 0.1) is 10.0 Å². The average Bonchev–Trinajstić information content (AvgIpc) is 3.32. The summed E-state index contributed by atoms with van der Waals surface area (Å²) in [6.07, 6.45) is 1.16. The molecule has 2 unspecified atom stereocenters. The van der Waals surface area contributed by atoms with Crippen LogP contribution < -0.4 is 15.8 Å². The van der Waals surface area contributed by atoms with E-state index in [1.807, 2.05) is 18.2 Å². The van der Waals surface area contributed by atoms with Gasteiger partial charge in [0.15, 0.2) is 12.3 Å². The highest BCUT2D eigenvalue weighted by molar-refractivity contribution is 6.42. The van der Waals surface area contributed by atoms with Crippen molar-refractivity contribution in [3.8, 4) is 5.75 Å². The number of carbonyl (C=O) groups is 3. The van der Waals surface area contributed by atoms with Gasteiger partial charge in [-0.15, -0.1) is 0 Å². The molecule has 1 saturated carbocycles. The Morgan fingerprint density at radius 1 is 0.972 bits per heavy atom. The van der Waals surface area contributed by atoms with E-state index in [9.17, 15) is 14.4 Å². The summed E-state index contributed by atoms with van der Waals surface area (Å²) >= 11 is 12.1. The van der Waals surface area contributed by atoms with Crippen molar-refractivity contribution in [1.29, 1.82) is 0 Å². The van der Waals surface area contributed by atoms with Gasteiger partial charge in [-0.1, -0.05) is 41.4 Å². The number of nitrogens with one attached hydrogen (secondary N) is 1. The molecule has 0 bridgehead atoms. The minimum Gasteiger partial charge on any atom is -0.481 e. The number of rotatable bonds is 6. The van der Waals surface area contributed by atoms with E-state index in [1.54, 1.807) is 25.1 Å². The molecule has 0 radical (unpaired) electrons. The number of nitrogens with zero attached hydrogens (tertiary/aromatic N) is 2. The smallest absolute Gasteiger partial charge is 0.265 e. The van der Waals surface area contributed by atoms with Gasteiger partial charge in [0.2, 0.25) is 0 Å². The van der Waals surface area contributed by atoms with Crippen LogP contribution in [-0.2, 0) is 9.59 Å². The van der Waals surface area contributed by atoms with E-state index in [-0.39, 0.29) is 41.7 Å². The Labute approximate surface area is 220 Å². The van der Waals surface area contributed by atoms with Gasteiger partial charge in [-0.05, 0) is 62.9 Å². The highest BCUT2D eigenvalue weighted by Gasteiger charge is 2.45. The van der Waals surface area contributed by atoms with Crippen LogP contribution in [0.5, 0.6) is 5.75 Å². The summed E-state index contributed by atoms with van der Waals surface area (Å²) in [5.41, 5.74) is 6.29. The Bertz CT molecular complexity index is 1110. The van der Waals surface area contributed by atoms with Gasteiger partial charge in [0, 0.05) is 30.7 Å². The lowest BCUT2D eigenvalue weighted by Crippen LogP contribution is -2.57. The van der Waals surface area contributed by atoms with Gasteiger partial charge in [-0.2, -0.15) is 0 Å². The van der Waals surface area contributed by atoms with E-state index in [0.29, 0.717) is 10.8 Å². The molecule has 2 aromatic rings. The Morgan fingerprint density at radius 2 is 1.64 bits per heavy atom. The molecule has 2 aromatic carbocycles. The van der Waals surface area contributed by atoms with Crippen LogP contribution >= 0.6 is 23.2 Å². The van der Waals surface area contributed by atoms with E-state index in [2.05, 4.69) is 5.32 Å².